The van der Waals surface area contributed by atoms with Crippen LogP contribution in [0.5, 0.6) is 0 Å². The summed E-state index contributed by atoms with van der Waals surface area (Å²) < 4.78 is 4.61. The van der Waals surface area contributed by atoms with Crippen LogP contribution in [0.1, 0.15) is 22.6 Å². The van der Waals surface area contributed by atoms with Crippen molar-refractivity contribution < 1.29 is 4.57 Å². The topological polar surface area (TPSA) is 8.81 Å². The number of aromatic nitrogens is 2. The summed E-state index contributed by atoms with van der Waals surface area (Å²) >= 11 is 0. The van der Waals surface area contributed by atoms with Crippen LogP contribution >= 0.6 is 0 Å². The first-order valence-electron chi connectivity index (χ1n) is 11.0. The highest BCUT2D eigenvalue weighted by molar-refractivity contribution is 5.91. The van der Waals surface area contributed by atoms with Gasteiger partial charge in [-0.25, -0.2) is 0 Å². The number of aryl methyl sites for hydroxylation is 2. The smallest absolute Gasteiger partial charge is 0.220 e. The maximum absolute atomic E-state index is 2.31. The Morgan fingerprint density at radius 2 is 1.44 bits per heavy atom. The van der Waals surface area contributed by atoms with Gasteiger partial charge in [-0.1, -0.05) is 54.6 Å². The largest absolute Gasteiger partial charge is 0.318 e. The van der Waals surface area contributed by atoms with Gasteiger partial charge >= 0.3 is 0 Å². The molecule has 5 aromatic rings. The number of fused-ring (bicyclic) bond motifs is 1. The Morgan fingerprint density at radius 3 is 2.19 bits per heavy atom. The van der Waals surface area contributed by atoms with E-state index in [0.29, 0.717) is 0 Å². The number of benzene rings is 3. The molecular formula is C30H27N2+. The zero-order chi connectivity index (χ0) is 22.1. The van der Waals surface area contributed by atoms with Crippen molar-refractivity contribution in [2.45, 2.75) is 13.8 Å². The molecule has 0 spiro atoms. The van der Waals surface area contributed by atoms with Crippen molar-refractivity contribution in [1.82, 2.24) is 4.57 Å². The fourth-order valence-corrected chi connectivity index (χ4v) is 4.61. The zero-order valence-corrected chi connectivity index (χ0v) is 18.8. The monoisotopic (exact) mass is 415 g/mol. The van der Waals surface area contributed by atoms with E-state index >= 15 is 0 Å². The third-order valence-corrected chi connectivity index (χ3v) is 6.23. The number of pyridine rings is 1. The van der Waals surface area contributed by atoms with Crippen molar-refractivity contribution in [3.63, 3.8) is 0 Å². The fourth-order valence-electron chi connectivity index (χ4n) is 4.61. The lowest BCUT2D eigenvalue weighted by molar-refractivity contribution is -0.646. The van der Waals surface area contributed by atoms with Gasteiger partial charge in [0.15, 0.2) is 0 Å². The Balaban J connectivity index is 1.58. The summed E-state index contributed by atoms with van der Waals surface area (Å²) in [6.45, 7) is 4.35. The van der Waals surface area contributed by atoms with E-state index in [1.165, 1.54) is 50.4 Å². The Bertz CT molecular complexity index is 1420. The summed E-state index contributed by atoms with van der Waals surface area (Å²) in [6.07, 6.45) is 4.45. The molecule has 0 amide bonds. The molecule has 0 saturated heterocycles. The summed E-state index contributed by atoms with van der Waals surface area (Å²) in [7, 11) is 2.15. The molecule has 0 bridgehead atoms. The van der Waals surface area contributed by atoms with Crippen LogP contribution < -0.4 is 4.57 Å². The quantitative estimate of drug-likeness (QED) is 0.282. The maximum Gasteiger partial charge on any atom is 0.220 e. The highest BCUT2D eigenvalue weighted by Gasteiger charge is 2.16. The normalized spacial score (nSPS) is 11.5. The van der Waals surface area contributed by atoms with E-state index in [9.17, 15) is 0 Å². The SMILES string of the molecule is Cc1cc(/C=C/c2ccc3cccc(-c4ccccc4)c3[n+]2C)c(C)n1-c1ccccc1. The molecule has 5 rings (SSSR count). The molecule has 0 aliphatic carbocycles. The van der Waals surface area contributed by atoms with Gasteiger partial charge in [0.1, 0.15) is 7.05 Å². The third-order valence-electron chi connectivity index (χ3n) is 6.23. The van der Waals surface area contributed by atoms with Gasteiger partial charge in [-0.3, -0.25) is 0 Å². The van der Waals surface area contributed by atoms with Crippen LogP contribution in [-0.2, 0) is 7.05 Å². The Kier molecular flexibility index (Phi) is 5.20. The van der Waals surface area contributed by atoms with Crippen LogP contribution in [0.4, 0.5) is 0 Å². The van der Waals surface area contributed by atoms with Gasteiger partial charge in [0.25, 0.3) is 0 Å². The Labute approximate surface area is 189 Å². The maximum atomic E-state index is 2.31. The number of rotatable bonds is 4. The Morgan fingerprint density at radius 1 is 0.719 bits per heavy atom. The molecule has 0 unspecified atom stereocenters. The average Bonchev–Trinajstić information content (AvgIpc) is 3.12. The van der Waals surface area contributed by atoms with Gasteiger partial charge in [-0.05, 0) is 67.4 Å². The van der Waals surface area contributed by atoms with Gasteiger partial charge in [0.2, 0.25) is 11.2 Å². The van der Waals surface area contributed by atoms with Crippen LogP contribution in [0.25, 0.3) is 39.9 Å². The van der Waals surface area contributed by atoms with E-state index in [-0.39, 0.29) is 0 Å². The average molecular weight is 416 g/mol. The van der Waals surface area contributed by atoms with Crippen LogP contribution in [0.15, 0.2) is 97.1 Å². The molecular weight excluding hydrogens is 388 g/mol. The first kappa shape index (κ1) is 20.0. The first-order chi connectivity index (χ1) is 15.6. The molecule has 0 atom stereocenters. The van der Waals surface area contributed by atoms with E-state index in [0.717, 1.165) is 0 Å². The molecule has 0 fully saturated rings. The Hall–Kier alpha value is -3.91. The molecule has 2 aromatic heterocycles. The van der Waals surface area contributed by atoms with Gasteiger partial charge < -0.3 is 4.57 Å². The van der Waals surface area contributed by atoms with Crippen molar-refractivity contribution in [3.8, 4) is 16.8 Å². The molecule has 2 heteroatoms. The first-order valence-corrected chi connectivity index (χ1v) is 11.0. The van der Waals surface area contributed by atoms with Gasteiger partial charge in [-0.15, -0.1) is 0 Å². The van der Waals surface area contributed by atoms with Crippen LogP contribution in [0.3, 0.4) is 0 Å². The third kappa shape index (κ3) is 3.54. The fraction of sp³-hybridized carbons (Fsp3) is 0.100. The molecule has 3 aromatic carbocycles. The minimum atomic E-state index is 1.17. The lowest BCUT2D eigenvalue weighted by atomic mass is 10.0. The predicted molar refractivity (Wildman–Crippen MR) is 135 cm³/mol. The molecule has 32 heavy (non-hydrogen) atoms. The number of hydrogen-bond donors (Lipinski definition) is 0. The summed E-state index contributed by atoms with van der Waals surface area (Å²) in [4.78, 5) is 0. The number of hydrogen-bond acceptors (Lipinski definition) is 0. The minimum absolute atomic E-state index is 1.17. The summed E-state index contributed by atoms with van der Waals surface area (Å²) in [5, 5.41) is 1.24. The minimum Gasteiger partial charge on any atom is -0.318 e. The second kappa shape index (κ2) is 8.32. The molecule has 2 nitrogen and oxygen atoms in total. The molecule has 2 heterocycles. The highest BCUT2D eigenvalue weighted by Crippen LogP contribution is 2.27. The zero-order valence-electron chi connectivity index (χ0n) is 18.8. The van der Waals surface area contributed by atoms with Crippen molar-refractivity contribution in [2.24, 2.45) is 7.05 Å². The van der Waals surface area contributed by atoms with E-state index in [4.69, 9.17) is 0 Å². The van der Waals surface area contributed by atoms with E-state index in [1.807, 2.05) is 0 Å². The van der Waals surface area contributed by atoms with Crippen LogP contribution in [0, 0.1) is 13.8 Å². The lowest BCUT2D eigenvalue weighted by Crippen LogP contribution is -2.33. The van der Waals surface area contributed by atoms with Gasteiger partial charge in [-0.2, -0.15) is 4.57 Å². The van der Waals surface area contributed by atoms with E-state index < -0.39 is 0 Å². The molecule has 0 aliphatic rings. The van der Waals surface area contributed by atoms with E-state index in [2.05, 4.69) is 139 Å². The second-order valence-corrected chi connectivity index (χ2v) is 8.26. The van der Waals surface area contributed by atoms with Crippen molar-refractivity contribution in [2.75, 3.05) is 0 Å². The molecule has 0 saturated carbocycles. The number of para-hydroxylation sites is 2. The van der Waals surface area contributed by atoms with Gasteiger partial charge in [0.05, 0.1) is 5.56 Å². The van der Waals surface area contributed by atoms with Crippen molar-refractivity contribution in [3.05, 3.63) is 120 Å². The number of nitrogens with zero attached hydrogens (tertiary/aromatic N) is 2. The lowest BCUT2D eigenvalue weighted by Gasteiger charge is -2.09. The highest BCUT2D eigenvalue weighted by atomic mass is 15.0. The van der Waals surface area contributed by atoms with Crippen LogP contribution in [-0.4, -0.2) is 4.57 Å². The van der Waals surface area contributed by atoms with Crippen molar-refractivity contribution >= 4 is 23.1 Å². The predicted octanol–water partition coefficient (Wildman–Crippen LogP) is 6.91. The molecule has 156 valence electrons. The summed E-state index contributed by atoms with van der Waals surface area (Å²) in [5.74, 6) is 0. The summed E-state index contributed by atoms with van der Waals surface area (Å²) in [5.41, 5.74) is 9.83. The standard InChI is InChI=1S/C30H27N2/c1-22-21-26(23(2)32(22)28-14-8-5-9-15-28)18-20-27-19-17-25-13-10-16-29(30(25)31(27)3)24-11-6-4-7-12-24/h4-21H,1-3H3/q+1. The van der Waals surface area contributed by atoms with E-state index in [1.54, 1.807) is 0 Å². The van der Waals surface area contributed by atoms with Gasteiger partial charge in [0, 0.05) is 34.6 Å². The molecule has 0 aliphatic heterocycles. The molecule has 0 radical (unpaired) electrons. The molecule has 0 N–H and O–H groups in total. The van der Waals surface area contributed by atoms with Crippen molar-refractivity contribution in [1.29, 1.82) is 0 Å². The van der Waals surface area contributed by atoms with Crippen LogP contribution in [0.2, 0.25) is 0 Å². The second-order valence-electron chi connectivity index (χ2n) is 8.26. The summed E-state index contributed by atoms with van der Waals surface area (Å²) in [6, 6.07) is 34.4.